The third-order valence-corrected chi connectivity index (χ3v) is 6.09. The molecule has 2 aromatic rings. The molecule has 17 heteroatoms. The minimum absolute atomic E-state index is 0.437. The Morgan fingerprint density at radius 1 is 1.16 bits per heavy atom. The number of alkyl halides is 6. The highest BCUT2D eigenvalue weighted by Gasteiger charge is 2.39. The molecule has 0 aromatic carbocycles. The number of carboxylic acids is 2. The van der Waals surface area contributed by atoms with E-state index >= 15 is 0 Å². The normalized spacial score (nSPS) is 19.9. The third kappa shape index (κ3) is 10.5. The van der Waals surface area contributed by atoms with Gasteiger partial charge in [-0.25, -0.2) is 14.6 Å². The van der Waals surface area contributed by atoms with Crippen molar-refractivity contribution >= 4 is 23.3 Å². The van der Waals surface area contributed by atoms with Crippen LogP contribution in [0.1, 0.15) is 22.8 Å². The zero-order valence-corrected chi connectivity index (χ0v) is 20.9. The minimum atomic E-state index is -5.08. The van der Waals surface area contributed by atoms with E-state index < -0.39 is 24.3 Å². The summed E-state index contributed by atoms with van der Waals surface area (Å²) in [7, 11) is 0. The quantitative estimate of drug-likeness (QED) is 0.516. The molecule has 4 heterocycles. The molecule has 2 unspecified atom stereocenters. The SMILES string of the molecule is Cc1nc(COCC2CN(C3CCOC3)Cc3ccnn3C2)cs1.O=C(O)C(F)(F)F.O=C(O)C(F)(F)F. The average molecular weight is 577 g/mol. The van der Waals surface area contributed by atoms with E-state index in [1.807, 2.05) is 13.1 Å². The molecule has 0 saturated carbocycles. The molecule has 0 amide bonds. The number of aromatic nitrogens is 3. The van der Waals surface area contributed by atoms with E-state index in [1.165, 1.54) is 5.69 Å². The van der Waals surface area contributed by atoms with Crippen molar-refractivity contribution in [3.63, 3.8) is 0 Å². The molecule has 0 bridgehead atoms. The van der Waals surface area contributed by atoms with Crippen molar-refractivity contribution in [2.75, 3.05) is 26.4 Å². The van der Waals surface area contributed by atoms with Gasteiger partial charge in [-0.3, -0.25) is 9.58 Å². The molecule has 0 aliphatic carbocycles. The number of rotatable bonds is 5. The van der Waals surface area contributed by atoms with E-state index in [2.05, 4.69) is 31.1 Å². The standard InChI is InChI=1S/C17H24N4O2S.2C2HF3O2/c1-13-19-15(12-24-13)10-23-9-14-6-20(17-3-5-22-11-17)8-16-2-4-18-21(16)7-14;2*3-2(4,5)1(6)7/h2,4,12,14,17H,3,5-11H2,1H3;2*(H,6,7). The Labute approximate surface area is 216 Å². The summed E-state index contributed by atoms with van der Waals surface area (Å²) in [5, 5.41) is 21.9. The molecule has 0 radical (unpaired) electrons. The molecule has 2 atom stereocenters. The van der Waals surface area contributed by atoms with Crippen LogP contribution in [0.25, 0.3) is 0 Å². The van der Waals surface area contributed by atoms with E-state index in [-0.39, 0.29) is 0 Å². The van der Waals surface area contributed by atoms with E-state index in [4.69, 9.17) is 29.3 Å². The maximum absolute atomic E-state index is 10.6. The van der Waals surface area contributed by atoms with Crippen LogP contribution in [0.3, 0.4) is 0 Å². The molecule has 38 heavy (non-hydrogen) atoms. The van der Waals surface area contributed by atoms with E-state index in [0.29, 0.717) is 18.6 Å². The number of nitrogens with zero attached hydrogens (tertiary/aromatic N) is 4. The van der Waals surface area contributed by atoms with Gasteiger partial charge in [0.2, 0.25) is 0 Å². The van der Waals surface area contributed by atoms with Crippen LogP contribution < -0.4 is 0 Å². The lowest BCUT2D eigenvalue weighted by Crippen LogP contribution is -2.38. The molecular formula is C21H26F6N4O6S. The first-order valence-electron chi connectivity index (χ1n) is 11.1. The van der Waals surface area contributed by atoms with Crippen molar-refractivity contribution in [3.05, 3.63) is 34.0 Å². The van der Waals surface area contributed by atoms with E-state index in [1.54, 1.807) is 11.3 Å². The summed E-state index contributed by atoms with van der Waals surface area (Å²) < 4.78 is 77.2. The number of carbonyl (C=O) groups is 2. The number of fused-ring (bicyclic) bond motifs is 1. The van der Waals surface area contributed by atoms with Gasteiger partial charge >= 0.3 is 24.3 Å². The molecule has 4 rings (SSSR count). The van der Waals surface area contributed by atoms with Crippen molar-refractivity contribution in [1.82, 2.24) is 19.7 Å². The molecule has 0 spiro atoms. The van der Waals surface area contributed by atoms with Gasteiger partial charge in [0.25, 0.3) is 0 Å². The van der Waals surface area contributed by atoms with Crippen LogP contribution in [-0.4, -0.2) is 86.6 Å². The van der Waals surface area contributed by atoms with Crippen LogP contribution in [-0.2, 0) is 38.8 Å². The average Bonchev–Trinajstić information content (AvgIpc) is 3.55. The van der Waals surface area contributed by atoms with Crippen LogP contribution in [0.15, 0.2) is 17.6 Å². The van der Waals surface area contributed by atoms with Crippen molar-refractivity contribution in [1.29, 1.82) is 0 Å². The highest BCUT2D eigenvalue weighted by Crippen LogP contribution is 2.22. The fourth-order valence-electron chi connectivity index (χ4n) is 3.56. The lowest BCUT2D eigenvalue weighted by atomic mass is 10.1. The van der Waals surface area contributed by atoms with Gasteiger partial charge in [0, 0.05) is 49.8 Å². The second kappa shape index (κ2) is 13.9. The van der Waals surface area contributed by atoms with Gasteiger partial charge in [-0.1, -0.05) is 0 Å². The summed E-state index contributed by atoms with van der Waals surface area (Å²) in [6, 6.07) is 2.65. The lowest BCUT2D eigenvalue weighted by molar-refractivity contribution is -0.193. The van der Waals surface area contributed by atoms with E-state index in [9.17, 15) is 26.3 Å². The summed E-state index contributed by atoms with van der Waals surface area (Å²) in [6.45, 7) is 8.00. The second-order valence-electron chi connectivity index (χ2n) is 8.30. The number of thiazole rings is 1. The molecular weight excluding hydrogens is 550 g/mol. The Hall–Kier alpha value is -2.76. The van der Waals surface area contributed by atoms with Crippen LogP contribution in [0.4, 0.5) is 26.3 Å². The molecule has 1 saturated heterocycles. The van der Waals surface area contributed by atoms with Crippen molar-refractivity contribution in [3.8, 4) is 0 Å². The summed E-state index contributed by atoms with van der Waals surface area (Å²) in [5.41, 5.74) is 2.33. The van der Waals surface area contributed by atoms with Gasteiger partial charge in [0.05, 0.1) is 36.2 Å². The van der Waals surface area contributed by atoms with Crippen LogP contribution in [0.2, 0.25) is 0 Å². The van der Waals surface area contributed by atoms with Gasteiger partial charge in [-0.05, 0) is 19.4 Å². The largest absolute Gasteiger partial charge is 0.490 e. The van der Waals surface area contributed by atoms with Crippen molar-refractivity contribution < 1.29 is 55.6 Å². The smallest absolute Gasteiger partial charge is 0.475 e. The zero-order valence-electron chi connectivity index (χ0n) is 20.0. The Morgan fingerprint density at radius 3 is 2.29 bits per heavy atom. The summed E-state index contributed by atoms with van der Waals surface area (Å²) in [6.07, 6.45) is -7.14. The van der Waals surface area contributed by atoms with Crippen molar-refractivity contribution in [2.45, 2.75) is 51.4 Å². The number of aryl methyl sites for hydroxylation is 1. The van der Waals surface area contributed by atoms with Crippen LogP contribution in [0.5, 0.6) is 0 Å². The van der Waals surface area contributed by atoms with Gasteiger partial charge in [-0.2, -0.15) is 31.4 Å². The molecule has 2 aliphatic rings. The zero-order chi connectivity index (χ0) is 28.5. The topological polar surface area (TPSA) is 127 Å². The second-order valence-corrected chi connectivity index (χ2v) is 9.36. The maximum Gasteiger partial charge on any atom is 0.490 e. The summed E-state index contributed by atoms with van der Waals surface area (Å²) in [5.74, 6) is -5.08. The molecule has 2 N–H and O–H groups in total. The van der Waals surface area contributed by atoms with Gasteiger partial charge in [0.1, 0.15) is 0 Å². The number of aliphatic carboxylic acids is 2. The van der Waals surface area contributed by atoms with Gasteiger partial charge in [-0.15, -0.1) is 11.3 Å². The maximum atomic E-state index is 10.6. The first-order valence-corrected chi connectivity index (χ1v) is 12.0. The number of ether oxygens (including phenoxy) is 2. The summed E-state index contributed by atoms with van der Waals surface area (Å²) in [4.78, 5) is 24.8. The lowest BCUT2D eigenvalue weighted by Gasteiger charge is -2.28. The fourth-order valence-corrected chi connectivity index (χ4v) is 4.16. The highest BCUT2D eigenvalue weighted by atomic mass is 32.1. The van der Waals surface area contributed by atoms with Gasteiger partial charge in [0.15, 0.2) is 0 Å². The van der Waals surface area contributed by atoms with Crippen LogP contribution in [0, 0.1) is 12.8 Å². The van der Waals surface area contributed by atoms with Gasteiger partial charge < -0.3 is 19.7 Å². The highest BCUT2D eigenvalue weighted by molar-refractivity contribution is 7.09. The predicted octanol–water partition coefficient (Wildman–Crippen LogP) is 3.35. The van der Waals surface area contributed by atoms with Crippen LogP contribution >= 0.6 is 11.3 Å². The fraction of sp³-hybridized carbons (Fsp3) is 0.619. The Morgan fingerprint density at radius 2 is 1.79 bits per heavy atom. The molecule has 10 nitrogen and oxygen atoms in total. The number of carboxylic acid groups (broad SMARTS) is 2. The monoisotopic (exact) mass is 576 g/mol. The minimum Gasteiger partial charge on any atom is -0.475 e. The number of hydrogen-bond donors (Lipinski definition) is 2. The Bertz CT molecular complexity index is 1010. The van der Waals surface area contributed by atoms with E-state index in [0.717, 1.165) is 56.6 Å². The summed E-state index contributed by atoms with van der Waals surface area (Å²) >= 11 is 1.68. The Kier molecular flexibility index (Phi) is 11.5. The Balaban J connectivity index is 0.000000301. The molecule has 1 fully saturated rings. The number of halogens is 6. The van der Waals surface area contributed by atoms with Crippen molar-refractivity contribution in [2.24, 2.45) is 5.92 Å². The predicted molar refractivity (Wildman–Crippen MR) is 119 cm³/mol. The first-order chi connectivity index (χ1) is 17.7. The molecule has 214 valence electrons. The first kappa shape index (κ1) is 31.5. The molecule has 2 aliphatic heterocycles. The molecule has 2 aromatic heterocycles. The third-order valence-electron chi connectivity index (χ3n) is 5.27. The number of hydrogen-bond acceptors (Lipinski definition) is 8.